The average molecular weight is 296 g/mol. The van der Waals surface area contributed by atoms with Crippen molar-refractivity contribution in [1.82, 2.24) is 15.3 Å². The highest BCUT2D eigenvalue weighted by molar-refractivity contribution is 5.88. The van der Waals surface area contributed by atoms with Gasteiger partial charge in [0.05, 0.1) is 13.5 Å². The number of carboxylic acids is 1. The van der Waals surface area contributed by atoms with E-state index in [1.807, 2.05) is 13.8 Å². The molecule has 116 valence electrons. The molecule has 2 amide bonds. The first-order valence-corrected chi connectivity index (χ1v) is 6.50. The highest BCUT2D eigenvalue weighted by Crippen LogP contribution is 2.11. The molecule has 21 heavy (non-hydrogen) atoms. The van der Waals surface area contributed by atoms with Crippen LogP contribution in [-0.4, -0.2) is 40.2 Å². The minimum Gasteiger partial charge on any atom is -0.481 e. The van der Waals surface area contributed by atoms with Crippen molar-refractivity contribution in [3.05, 3.63) is 11.8 Å². The molecule has 1 atom stereocenters. The molecule has 1 unspecified atom stereocenters. The first-order chi connectivity index (χ1) is 9.81. The summed E-state index contributed by atoms with van der Waals surface area (Å²) in [5.74, 6) is -0.548. The third kappa shape index (κ3) is 5.64. The van der Waals surface area contributed by atoms with Crippen LogP contribution in [0.1, 0.15) is 26.0 Å². The molecule has 8 heteroatoms. The molecule has 1 heterocycles. The Hall–Kier alpha value is -2.38. The summed E-state index contributed by atoms with van der Waals surface area (Å²) in [7, 11) is 1.47. The predicted octanol–water partition coefficient (Wildman–Crippen LogP) is 1.41. The van der Waals surface area contributed by atoms with E-state index in [1.54, 1.807) is 13.0 Å². The van der Waals surface area contributed by atoms with E-state index in [9.17, 15) is 9.59 Å². The van der Waals surface area contributed by atoms with Gasteiger partial charge in [0, 0.05) is 17.8 Å². The van der Waals surface area contributed by atoms with Crippen molar-refractivity contribution in [2.75, 3.05) is 12.4 Å². The molecular weight excluding hydrogens is 276 g/mol. The summed E-state index contributed by atoms with van der Waals surface area (Å²) in [5.41, 5.74) is 0.642. The fourth-order valence-corrected chi connectivity index (χ4v) is 1.65. The highest BCUT2D eigenvalue weighted by Gasteiger charge is 2.20. The van der Waals surface area contributed by atoms with Gasteiger partial charge in [-0.15, -0.1) is 0 Å². The van der Waals surface area contributed by atoms with E-state index in [2.05, 4.69) is 20.6 Å². The fourth-order valence-electron chi connectivity index (χ4n) is 1.65. The summed E-state index contributed by atoms with van der Waals surface area (Å²) in [6.45, 7) is 5.41. The summed E-state index contributed by atoms with van der Waals surface area (Å²) >= 11 is 0. The zero-order valence-electron chi connectivity index (χ0n) is 12.5. The topological polar surface area (TPSA) is 113 Å². The Balaban J connectivity index is 2.71. The predicted molar refractivity (Wildman–Crippen MR) is 76.4 cm³/mol. The molecule has 0 radical (unpaired) electrons. The van der Waals surface area contributed by atoms with E-state index in [-0.39, 0.29) is 18.3 Å². The number of carbonyl (C=O) groups is 2. The molecule has 0 spiro atoms. The molecule has 1 rings (SSSR count). The Morgan fingerprint density at radius 1 is 1.38 bits per heavy atom. The van der Waals surface area contributed by atoms with Gasteiger partial charge < -0.3 is 15.2 Å². The molecule has 3 N–H and O–H groups in total. The second-order valence-corrected chi connectivity index (χ2v) is 4.92. The number of aliphatic carboxylic acids is 1. The number of ether oxygens (including phenoxy) is 1. The Morgan fingerprint density at radius 2 is 2.05 bits per heavy atom. The number of hydrogen-bond acceptors (Lipinski definition) is 5. The van der Waals surface area contributed by atoms with Gasteiger partial charge in [0.2, 0.25) is 11.8 Å². The fraction of sp³-hybridized carbons (Fsp3) is 0.538. The van der Waals surface area contributed by atoms with Gasteiger partial charge in [-0.3, -0.25) is 10.1 Å². The number of hydrogen-bond donors (Lipinski definition) is 3. The molecule has 0 aliphatic rings. The van der Waals surface area contributed by atoms with Gasteiger partial charge in [-0.1, -0.05) is 13.8 Å². The number of aryl methyl sites for hydroxylation is 1. The number of anilines is 1. The normalized spacial score (nSPS) is 11.9. The third-order valence-corrected chi connectivity index (χ3v) is 2.78. The van der Waals surface area contributed by atoms with Crippen LogP contribution in [-0.2, 0) is 4.79 Å². The Kier molecular flexibility index (Phi) is 5.89. The van der Waals surface area contributed by atoms with Crippen LogP contribution >= 0.6 is 0 Å². The van der Waals surface area contributed by atoms with Crippen LogP contribution in [0.3, 0.4) is 0 Å². The number of rotatable bonds is 6. The van der Waals surface area contributed by atoms with E-state index in [1.165, 1.54) is 7.11 Å². The standard InChI is InChI=1S/C13H20N4O4/c1-7(2)9(6-11(18)19)15-13(20)17-12-14-8(3)5-10(16-12)21-4/h5,7,9H,6H2,1-4H3,(H,18,19)(H2,14,15,16,17,20). The Labute approximate surface area is 122 Å². The second-order valence-electron chi connectivity index (χ2n) is 4.92. The van der Waals surface area contributed by atoms with Gasteiger partial charge in [-0.2, -0.15) is 4.98 Å². The SMILES string of the molecule is COc1cc(C)nc(NC(=O)NC(CC(=O)O)C(C)C)n1. The summed E-state index contributed by atoms with van der Waals surface area (Å²) in [6, 6.07) is 0.599. The number of carboxylic acid groups (broad SMARTS) is 1. The zero-order chi connectivity index (χ0) is 16.0. The lowest BCUT2D eigenvalue weighted by atomic mass is 10.0. The number of urea groups is 1. The molecule has 0 aromatic carbocycles. The number of carbonyl (C=O) groups excluding carboxylic acids is 1. The molecule has 0 bridgehead atoms. The molecule has 8 nitrogen and oxygen atoms in total. The Morgan fingerprint density at radius 3 is 2.57 bits per heavy atom. The maximum Gasteiger partial charge on any atom is 0.321 e. The number of methoxy groups -OCH3 is 1. The lowest BCUT2D eigenvalue weighted by Crippen LogP contribution is -2.42. The van der Waals surface area contributed by atoms with Gasteiger partial charge in [-0.05, 0) is 12.8 Å². The molecule has 0 saturated carbocycles. The van der Waals surface area contributed by atoms with Crippen LogP contribution in [0, 0.1) is 12.8 Å². The van der Waals surface area contributed by atoms with Gasteiger partial charge >= 0.3 is 12.0 Å². The molecule has 1 aromatic rings. The van der Waals surface area contributed by atoms with Crippen molar-refractivity contribution in [3.8, 4) is 5.88 Å². The third-order valence-electron chi connectivity index (χ3n) is 2.78. The maximum absolute atomic E-state index is 11.9. The van der Waals surface area contributed by atoms with Gasteiger partial charge in [0.1, 0.15) is 0 Å². The highest BCUT2D eigenvalue weighted by atomic mass is 16.5. The Bertz CT molecular complexity index is 519. The van der Waals surface area contributed by atoms with Crippen LogP contribution in [0.5, 0.6) is 5.88 Å². The molecule has 0 saturated heterocycles. The summed E-state index contributed by atoms with van der Waals surface area (Å²) in [5, 5.41) is 13.9. The van der Waals surface area contributed by atoms with Crippen LogP contribution in [0.25, 0.3) is 0 Å². The number of nitrogens with zero attached hydrogens (tertiary/aromatic N) is 2. The van der Waals surface area contributed by atoms with Crippen molar-refractivity contribution in [1.29, 1.82) is 0 Å². The average Bonchev–Trinajstić information content (AvgIpc) is 2.36. The quantitative estimate of drug-likeness (QED) is 0.731. The van der Waals surface area contributed by atoms with Gasteiger partial charge in [0.15, 0.2) is 0 Å². The van der Waals surface area contributed by atoms with Crippen LogP contribution in [0.2, 0.25) is 0 Å². The first kappa shape index (κ1) is 16.7. The van der Waals surface area contributed by atoms with E-state index in [4.69, 9.17) is 9.84 Å². The number of aromatic nitrogens is 2. The molecule has 0 fully saturated rings. The van der Waals surface area contributed by atoms with Gasteiger partial charge in [-0.25, -0.2) is 9.78 Å². The zero-order valence-corrected chi connectivity index (χ0v) is 12.5. The summed E-state index contributed by atoms with van der Waals surface area (Å²) in [4.78, 5) is 30.7. The monoisotopic (exact) mass is 296 g/mol. The number of amides is 2. The lowest BCUT2D eigenvalue weighted by Gasteiger charge is -2.20. The second kappa shape index (κ2) is 7.41. The van der Waals surface area contributed by atoms with E-state index < -0.39 is 18.0 Å². The molecule has 0 aliphatic heterocycles. The largest absolute Gasteiger partial charge is 0.481 e. The minimum atomic E-state index is -0.970. The molecule has 0 aliphatic carbocycles. The first-order valence-electron chi connectivity index (χ1n) is 6.50. The van der Waals surface area contributed by atoms with Crippen LogP contribution < -0.4 is 15.4 Å². The summed E-state index contributed by atoms with van der Waals surface area (Å²) in [6.07, 6.45) is -0.150. The van der Waals surface area contributed by atoms with E-state index >= 15 is 0 Å². The van der Waals surface area contributed by atoms with E-state index in [0.717, 1.165) is 0 Å². The van der Waals surface area contributed by atoms with Crippen LogP contribution in [0.4, 0.5) is 10.7 Å². The van der Waals surface area contributed by atoms with Crippen molar-refractivity contribution in [2.24, 2.45) is 5.92 Å². The molecular formula is C13H20N4O4. The van der Waals surface area contributed by atoms with Crippen molar-refractivity contribution in [2.45, 2.75) is 33.2 Å². The van der Waals surface area contributed by atoms with E-state index in [0.29, 0.717) is 11.6 Å². The lowest BCUT2D eigenvalue weighted by molar-refractivity contribution is -0.137. The summed E-state index contributed by atoms with van der Waals surface area (Å²) < 4.78 is 4.99. The van der Waals surface area contributed by atoms with Crippen molar-refractivity contribution >= 4 is 17.9 Å². The van der Waals surface area contributed by atoms with Crippen LogP contribution in [0.15, 0.2) is 6.07 Å². The van der Waals surface area contributed by atoms with Gasteiger partial charge in [0.25, 0.3) is 0 Å². The maximum atomic E-state index is 11.9. The smallest absolute Gasteiger partial charge is 0.321 e. The molecule has 1 aromatic heterocycles. The minimum absolute atomic E-state index is 0.0141. The number of nitrogens with one attached hydrogen (secondary N) is 2. The van der Waals surface area contributed by atoms with Crippen molar-refractivity contribution < 1.29 is 19.4 Å². The van der Waals surface area contributed by atoms with Crippen molar-refractivity contribution in [3.63, 3.8) is 0 Å².